The molecule has 2 aromatic rings. The highest BCUT2D eigenvalue weighted by Crippen LogP contribution is 2.29. The summed E-state index contributed by atoms with van der Waals surface area (Å²) in [6, 6.07) is 11.7. The van der Waals surface area contributed by atoms with E-state index in [-0.39, 0.29) is 24.9 Å². The van der Waals surface area contributed by atoms with Crippen LogP contribution >= 0.6 is 0 Å². The molecule has 8 nitrogen and oxygen atoms in total. The molecule has 1 unspecified atom stereocenters. The van der Waals surface area contributed by atoms with Crippen molar-refractivity contribution in [3.63, 3.8) is 0 Å². The number of benzene rings is 2. The Morgan fingerprint density at radius 2 is 1.97 bits per heavy atom. The Hall–Kier alpha value is -2.88. The number of halogens is 1. The summed E-state index contributed by atoms with van der Waals surface area (Å²) in [6.07, 6.45) is 4.59. The number of β-amino-alcohol motifs (C(OH)–C–C–N with tert-alkyl or cyclic N) is 1. The van der Waals surface area contributed by atoms with E-state index >= 15 is 0 Å². The van der Waals surface area contributed by atoms with Crippen LogP contribution in [0.1, 0.15) is 37.7 Å². The van der Waals surface area contributed by atoms with E-state index in [4.69, 9.17) is 18.9 Å². The summed E-state index contributed by atoms with van der Waals surface area (Å²) < 4.78 is 36.4. The SMILES string of the molecule is COc1cc(CN2CCOCC(O)(COc3cccc(F)c3)C2)ccc1OCCCN1CCCCCC1=O. The van der Waals surface area contributed by atoms with Crippen LogP contribution in [0.2, 0.25) is 0 Å². The minimum atomic E-state index is -1.23. The van der Waals surface area contributed by atoms with E-state index in [1.165, 1.54) is 12.1 Å². The van der Waals surface area contributed by atoms with Gasteiger partial charge >= 0.3 is 0 Å². The third-order valence-electron chi connectivity index (χ3n) is 6.88. The quantitative estimate of drug-likeness (QED) is 0.444. The first-order valence-electron chi connectivity index (χ1n) is 13.4. The van der Waals surface area contributed by atoms with Gasteiger partial charge in [-0.2, -0.15) is 0 Å². The molecule has 38 heavy (non-hydrogen) atoms. The number of hydrogen-bond acceptors (Lipinski definition) is 7. The Bertz CT molecular complexity index is 1050. The van der Waals surface area contributed by atoms with Gasteiger partial charge in [0.1, 0.15) is 23.8 Å². The number of aliphatic hydroxyl groups is 1. The second-order valence-electron chi connectivity index (χ2n) is 10.1. The topological polar surface area (TPSA) is 80.7 Å². The molecule has 4 rings (SSSR count). The molecule has 2 aromatic carbocycles. The van der Waals surface area contributed by atoms with Crippen molar-refractivity contribution in [2.24, 2.45) is 0 Å². The normalized spacial score (nSPS) is 21.0. The van der Waals surface area contributed by atoms with Crippen LogP contribution in [0.15, 0.2) is 42.5 Å². The van der Waals surface area contributed by atoms with Gasteiger partial charge in [0, 0.05) is 45.2 Å². The number of likely N-dealkylation sites (tertiary alicyclic amines) is 1. The summed E-state index contributed by atoms with van der Waals surface area (Å²) in [5, 5.41) is 11.2. The van der Waals surface area contributed by atoms with Gasteiger partial charge in [0.05, 0.1) is 26.9 Å². The molecule has 2 saturated heterocycles. The largest absolute Gasteiger partial charge is 0.493 e. The molecule has 0 aliphatic carbocycles. The maximum atomic E-state index is 13.5. The van der Waals surface area contributed by atoms with Crippen molar-refractivity contribution in [3.8, 4) is 17.2 Å². The second kappa shape index (κ2) is 13.8. The van der Waals surface area contributed by atoms with Crippen molar-refractivity contribution < 1.29 is 33.2 Å². The minimum Gasteiger partial charge on any atom is -0.493 e. The number of hydrogen-bond donors (Lipinski definition) is 1. The van der Waals surface area contributed by atoms with Gasteiger partial charge in [-0.05, 0) is 49.1 Å². The fourth-order valence-electron chi connectivity index (χ4n) is 4.89. The van der Waals surface area contributed by atoms with Crippen LogP contribution < -0.4 is 14.2 Å². The van der Waals surface area contributed by atoms with E-state index in [1.807, 2.05) is 23.1 Å². The van der Waals surface area contributed by atoms with Crippen molar-refractivity contribution in [3.05, 3.63) is 53.8 Å². The molecule has 1 N–H and O–H groups in total. The Morgan fingerprint density at radius 1 is 1.08 bits per heavy atom. The molecule has 0 spiro atoms. The number of methoxy groups -OCH3 is 1. The number of carbonyl (C=O) groups is 1. The highest BCUT2D eigenvalue weighted by atomic mass is 19.1. The smallest absolute Gasteiger partial charge is 0.222 e. The lowest BCUT2D eigenvalue weighted by atomic mass is 10.1. The van der Waals surface area contributed by atoms with Gasteiger partial charge in [-0.25, -0.2) is 4.39 Å². The maximum absolute atomic E-state index is 13.5. The van der Waals surface area contributed by atoms with Crippen LogP contribution in [0, 0.1) is 5.82 Å². The maximum Gasteiger partial charge on any atom is 0.222 e. The van der Waals surface area contributed by atoms with Gasteiger partial charge in [-0.3, -0.25) is 9.69 Å². The predicted molar refractivity (Wildman–Crippen MR) is 141 cm³/mol. The molecule has 2 aliphatic rings. The van der Waals surface area contributed by atoms with Gasteiger partial charge < -0.3 is 29.0 Å². The lowest BCUT2D eigenvalue weighted by molar-refractivity contribution is -0.130. The van der Waals surface area contributed by atoms with Crippen molar-refractivity contribution in [2.75, 3.05) is 59.7 Å². The summed E-state index contributed by atoms with van der Waals surface area (Å²) in [6.45, 7) is 4.24. The van der Waals surface area contributed by atoms with Crippen LogP contribution in [0.25, 0.3) is 0 Å². The fourth-order valence-corrected chi connectivity index (χ4v) is 4.89. The average Bonchev–Trinajstić information content (AvgIpc) is 3.23. The molecule has 9 heteroatoms. The fraction of sp³-hybridized carbons (Fsp3) is 0.552. The summed E-state index contributed by atoms with van der Waals surface area (Å²) >= 11 is 0. The lowest BCUT2D eigenvalue weighted by Gasteiger charge is -2.30. The molecule has 0 bridgehead atoms. The molecule has 1 atom stereocenters. The monoisotopic (exact) mass is 530 g/mol. The molecule has 2 heterocycles. The third-order valence-corrected chi connectivity index (χ3v) is 6.88. The third kappa shape index (κ3) is 8.31. The summed E-state index contributed by atoms with van der Waals surface area (Å²) in [4.78, 5) is 16.2. The molecule has 0 saturated carbocycles. The van der Waals surface area contributed by atoms with Crippen molar-refractivity contribution in [1.29, 1.82) is 0 Å². The molecular weight excluding hydrogens is 491 g/mol. The first-order chi connectivity index (χ1) is 18.4. The number of rotatable bonds is 11. The van der Waals surface area contributed by atoms with E-state index in [9.17, 15) is 14.3 Å². The Kier molecular flexibility index (Phi) is 10.2. The molecule has 208 valence electrons. The highest BCUT2D eigenvalue weighted by Gasteiger charge is 2.33. The Balaban J connectivity index is 1.29. The number of nitrogens with zero attached hydrogens (tertiary/aromatic N) is 2. The van der Waals surface area contributed by atoms with Gasteiger partial charge in [-0.1, -0.05) is 18.6 Å². The Morgan fingerprint density at radius 3 is 2.82 bits per heavy atom. The average molecular weight is 531 g/mol. The van der Waals surface area contributed by atoms with Crippen LogP contribution in [-0.4, -0.2) is 86.1 Å². The van der Waals surface area contributed by atoms with Crippen LogP contribution in [0.5, 0.6) is 17.2 Å². The van der Waals surface area contributed by atoms with Crippen LogP contribution in [-0.2, 0) is 16.1 Å². The van der Waals surface area contributed by atoms with E-state index in [0.29, 0.717) is 63.1 Å². The minimum absolute atomic E-state index is 0.00786. The van der Waals surface area contributed by atoms with Gasteiger partial charge in [0.25, 0.3) is 0 Å². The van der Waals surface area contributed by atoms with Gasteiger partial charge in [0.2, 0.25) is 5.91 Å². The molecule has 2 aliphatic heterocycles. The molecule has 0 radical (unpaired) electrons. The zero-order chi connectivity index (χ0) is 26.8. The molecule has 0 aromatic heterocycles. The summed E-state index contributed by atoms with van der Waals surface area (Å²) in [5.41, 5.74) is -0.218. The van der Waals surface area contributed by atoms with Crippen LogP contribution in [0.4, 0.5) is 4.39 Å². The molecule has 1 amide bonds. The molecular formula is C29H39FN2O6. The van der Waals surface area contributed by atoms with Crippen molar-refractivity contribution in [1.82, 2.24) is 9.80 Å². The second-order valence-corrected chi connectivity index (χ2v) is 10.1. The summed E-state index contributed by atoms with van der Waals surface area (Å²) in [7, 11) is 1.62. The first kappa shape index (κ1) is 28.1. The number of amides is 1. The van der Waals surface area contributed by atoms with Gasteiger partial charge in [0.15, 0.2) is 11.5 Å². The van der Waals surface area contributed by atoms with E-state index in [1.54, 1.807) is 19.2 Å². The predicted octanol–water partition coefficient (Wildman–Crippen LogP) is 3.65. The van der Waals surface area contributed by atoms with E-state index < -0.39 is 5.60 Å². The van der Waals surface area contributed by atoms with Crippen molar-refractivity contribution in [2.45, 2.75) is 44.2 Å². The van der Waals surface area contributed by atoms with Crippen LogP contribution in [0.3, 0.4) is 0 Å². The van der Waals surface area contributed by atoms with E-state index in [2.05, 4.69) is 4.90 Å². The molecule has 2 fully saturated rings. The number of carbonyl (C=O) groups excluding carboxylic acids is 1. The number of ether oxygens (including phenoxy) is 4. The van der Waals surface area contributed by atoms with E-state index in [0.717, 1.165) is 37.8 Å². The van der Waals surface area contributed by atoms with Crippen molar-refractivity contribution >= 4 is 5.91 Å². The van der Waals surface area contributed by atoms with Gasteiger partial charge in [-0.15, -0.1) is 0 Å². The highest BCUT2D eigenvalue weighted by molar-refractivity contribution is 5.76. The standard InChI is InChI=1S/C29H39FN2O6/c1-35-27-17-23(10-11-26(27)37-15-6-13-32-12-4-2-3-9-28(32)33)19-31-14-16-36-21-29(34,20-31)22-38-25-8-5-7-24(30)18-25/h5,7-8,10-11,17-18,34H,2-4,6,9,12-16,19-22H2,1H3. The summed E-state index contributed by atoms with van der Waals surface area (Å²) in [5.74, 6) is 1.53. The zero-order valence-corrected chi connectivity index (χ0v) is 22.2. The zero-order valence-electron chi connectivity index (χ0n) is 22.2. The first-order valence-corrected chi connectivity index (χ1v) is 13.4. The lowest BCUT2D eigenvalue weighted by Crippen LogP contribution is -2.48. The Labute approximate surface area is 224 Å².